The van der Waals surface area contributed by atoms with Crippen molar-refractivity contribution in [1.29, 1.82) is 0 Å². The third-order valence-corrected chi connectivity index (χ3v) is 7.89. The van der Waals surface area contributed by atoms with E-state index in [1.165, 1.54) is 5.56 Å². The Morgan fingerprint density at radius 1 is 1.03 bits per heavy atom. The average molecular weight is 531 g/mol. The molecule has 2 aromatic carbocycles. The van der Waals surface area contributed by atoms with E-state index in [4.69, 9.17) is 10.5 Å². The van der Waals surface area contributed by atoms with Gasteiger partial charge in [-0.3, -0.25) is 9.48 Å². The number of nitrogens with zero attached hydrogens (tertiary/aromatic N) is 5. The molecule has 2 aliphatic rings. The molecule has 1 aromatic heterocycles. The number of amides is 2. The summed E-state index contributed by atoms with van der Waals surface area (Å²) in [5.74, 6) is -0.0907. The van der Waals surface area contributed by atoms with Gasteiger partial charge in [-0.05, 0) is 23.0 Å². The second-order valence-corrected chi connectivity index (χ2v) is 11.8. The monoisotopic (exact) mass is 530 g/mol. The number of carbonyl (C=O) groups is 2. The van der Waals surface area contributed by atoms with Crippen molar-refractivity contribution in [2.75, 3.05) is 13.1 Å². The van der Waals surface area contributed by atoms with Crippen LogP contribution in [0.25, 0.3) is 0 Å². The molecular formula is C30H38N6O3. The van der Waals surface area contributed by atoms with Gasteiger partial charge in [0.05, 0.1) is 23.8 Å². The summed E-state index contributed by atoms with van der Waals surface area (Å²) in [6.07, 6.45) is 3.00. The summed E-state index contributed by atoms with van der Waals surface area (Å²) in [6.45, 7) is 7.73. The van der Waals surface area contributed by atoms with E-state index >= 15 is 0 Å². The van der Waals surface area contributed by atoms with Gasteiger partial charge in [-0.25, -0.2) is 4.79 Å². The molecule has 2 aliphatic heterocycles. The number of benzene rings is 2. The third kappa shape index (κ3) is 5.98. The Morgan fingerprint density at radius 2 is 1.69 bits per heavy atom. The second kappa shape index (κ2) is 11.2. The number of likely N-dealkylation sites (tertiary alicyclic amines) is 2. The Hall–Kier alpha value is -3.72. The van der Waals surface area contributed by atoms with E-state index in [2.05, 4.69) is 22.4 Å². The summed E-state index contributed by atoms with van der Waals surface area (Å²) in [5.41, 5.74) is 9.03. The van der Waals surface area contributed by atoms with Crippen molar-refractivity contribution >= 4 is 12.0 Å². The molecule has 0 bridgehead atoms. The summed E-state index contributed by atoms with van der Waals surface area (Å²) in [5, 5.41) is 8.76. The summed E-state index contributed by atoms with van der Waals surface area (Å²) in [7, 11) is 0. The van der Waals surface area contributed by atoms with Crippen LogP contribution < -0.4 is 5.73 Å². The molecule has 3 heterocycles. The number of nitrogens with two attached hydrogens (primary N) is 1. The van der Waals surface area contributed by atoms with E-state index in [1.807, 2.05) is 85.1 Å². The van der Waals surface area contributed by atoms with Crippen molar-refractivity contribution in [2.24, 2.45) is 17.1 Å². The predicted octanol–water partition coefficient (Wildman–Crippen LogP) is 3.48. The second-order valence-electron chi connectivity index (χ2n) is 11.8. The molecule has 2 amide bonds. The first kappa shape index (κ1) is 26.9. The molecule has 0 radical (unpaired) electrons. The largest absolute Gasteiger partial charge is 0.445 e. The fraction of sp³-hybridized carbons (Fsp3) is 0.467. The van der Waals surface area contributed by atoms with Crippen molar-refractivity contribution in [1.82, 2.24) is 24.8 Å². The molecule has 0 spiro atoms. The Morgan fingerprint density at radius 3 is 2.36 bits per heavy atom. The number of carbonyl (C=O) groups excluding carboxylic acids is 2. The fourth-order valence-corrected chi connectivity index (χ4v) is 5.74. The van der Waals surface area contributed by atoms with Gasteiger partial charge in [0.25, 0.3) is 0 Å². The maximum Gasteiger partial charge on any atom is 0.410 e. The molecule has 2 saturated heterocycles. The zero-order valence-corrected chi connectivity index (χ0v) is 22.9. The van der Waals surface area contributed by atoms with Crippen LogP contribution in [-0.4, -0.2) is 68.0 Å². The molecule has 0 saturated carbocycles. The van der Waals surface area contributed by atoms with Crippen LogP contribution in [0, 0.1) is 11.3 Å². The molecule has 9 nitrogen and oxygen atoms in total. The minimum Gasteiger partial charge on any atom is -0.445 e. The number of ether oxygens (including phenoxy) is 1. The van der Waals surface area contributed by atoms with Gasteiger partial charge < -0.3 is 20.3 Å². The predicted molar refractivity (Wildman–Crippen MR) is 147 cm³/mol. The van der Waals surface area contributed by atoms with Crippen molar-refractivity contribution in [3.05, 3.63) is 83.7 Å². The molecular weight excluding hydrogens is 492 g/mol. The van der Waals surface area contributed by atoms with Crippen molar-refractivity contribution in [3.8, 4) is 0 Å². The van der Waals surface area contributed by atoms with E-state index in [9.17, 15) is 9.59 Å². The highest BCUT2D eigenvalue weighted by Crippen LogP contribution is 2.38. The minimum absolute atomic E-state index is 0.0239. The van der Waals surface area contributed by atoms with Gasteiger partial charge in [0, 0.05) is 38.2 Å². The van der Waals surface area contributed by atoms with Gasteiger partial charge in [-0.2, -0.15) is 0 Å². The maximum absolute atomic E-state index is 13.6. The van der Waals surface area contributed by atoms with E-state index in [0.29, 0.717) is 32.5 Å². The van der Waals surface area contributed by atoms with Gasteiger partial charge in [-0.1, -0.05) is 86.6 Å². The lowest BCUT2D eigenvalue weighted by atomic mass is 9.86. The van der Waals surface area contributed by atoms with E-state index in [0.717, 1.165) is 11.3 Å². The molecule has 5 rings (SSSR count). The van der Waals surface area contributed by atoms with Crippen LogP contribution in [-0.2, 0) is 29.1 Å². The Kier molecular flexibility index (Phi) is 7.70. The van der Waals surface area contributed by atoms with Gasteiger partial charge >= 0.3 is 6.09 Å². The maximum atomic E-state index is 13.6. The number of rotatable bonds is 7. The lowest BCUT2D eigenvalue weighted by Gasteiger charge is -2.34. The Labute approximate surface area is 229 Å². The van der Waals surface area contributed by atoms with Crippen LogP contribution in [0.1, 0.15) is 44.0 Å². The summed E-state index contributed by atoms with van der Waals surface area (Å²) < 4.78 is 7.55. The van der Waals surface area contributed by atoms with Crippen molar-refractivity contribution in [3.63, 3.8) is 0 Å². The van der Waals surface area contributed by atoms with E-state index < -0.39 is 6.04 Å². The summed E-state index contributed by atoms with van der Waals surface area (Å²) in [6, 6.07) is 18.9. The molecule has 2 N–H and O–H groups in total. The molecule has 3 aromatic rings. The van der Waals surface area contributed by atoms with Crippen LogP contribution in [0.3, 0.4) is 0 Å². The number of fused-ring (bicyclic) bond motifs is 1. The standard InChI is InChI=1S/C30H38N6O3/c1-30(2,3)27(31)28(37)35-15-14-25-26(35)23(18-36(25)29(38)39-20-22-12-8-5-9-13-22)17-34-19-24(32-33-34)16-21-10-6-4-7-11-21/h4-13,19,23,25-27H,14-18,20,31H2,1-3H3/t23-,25+,26+,27+/m0/s1. The van der Waals surface area contributed by atoms with Crippen LogP contribution in [0.5, 0.6) is 0 Å². The summed E-state index contributed by atoms with van der Waals surface area (Å²) in [4.78, 5) is 30.5. The fourth-order valence-electron chi connectivity index (χ4n) is 5.74. The molecule has 0 aliphatic carbocycles. The molecule has 39 heavy (non-hydrogen) atoms. The quantitative estimate of drug-likeness (QED) is 0.501. The van der Waals surface area contributed by atoms with Gasteiger partial charge in [0.15, 0.2) is 0 Å². The first-order valence-electron chi connectivity index (χ1n) is 13.7. The zero-order chi connectivity index (χ0) is 27.6. The van der Waals surface area contributed by atoms with Crippen LogP contribution >= 0.6 is 0 Å². The number of hydrogen-bond donors (Lipinski definition) is 1. The van der Waals surface area contributed by atoms with E-state index in [1.54, 1.807) is 4.90 Å². The molecule has 0 unspecified atom stereocenters. The smallest absolute Gasteiger partial charge is 0.410 e. The van der Waals surface area contributed by atoms with E-state index in [-0.39, 0.29) is 42.0 Å². The third-order valence-electron chi connectivity index (χ3n) is 7.89. The van der Waals surface area contributed by atoms with Crippen LogP contribution in [0.2, 0.25) is 0 Å². The van der Waals surface area contributed by atoms with Crippen LogP contribution in [0.15, 0.2) is 66.9 Å². The first-order valence-corrected chi connectivity index (χ1v) is 13.7. The summed E-state index contributed by atoms with van der Waals surface area (Å²) >= 11 is 0. The highest BCUT2D eigenvalue weighted by atomic mass is 16.6. The SMILES string of the molecule is CC(C)(C)[C@H](N)C(=O)N1CC[C@@H]2[C@H]1[C@@H](Cn1cc(Cc3ccccc3)nn1)CN2C(=O)OCc1ccccc1. The van der Waals surface area contributed by atoms with Gasteiger partial charge in [0.2, 0.25) is 5.91 Å². The topological polar surface area (TPSA) is 107 Å². The lowest BCUT2D eigenvalue weighted by molar-refractivity contribution is -0.136. The highest BCUT2D eigenvalue weighted by Gasteiger charge is 2.53. The number of aromatic nitrogens is 3. The highest BCUT2D eigenvalue weighted by molar-refractivity contribution is 5.83. The number of hydrogen-bond acceptors (Lipinski definition) is 6. The average Bonchev–Trinajstić information content (AvgIpc) is 3.64. The first-order chi connectivity index (χ1) is 18.7. The molecule has 4 atom stereocenters. The minimum atomic E-state index is -0.625. The molecule has 206 valence electrons. The Bertz CT molecular complexity index is 1270. The molecule has 2 fully saturated rings. The lowest BCUT2D eigenvalue weighted by Crippen LogP contribution is -2.54. The normalized spacial score (nSPS) is 21.6. The molecule has 9 heteroatoms. The Balaban J connectivity index is 1.33. The van der Waals surface area contributed by atoms with Gasteiger partial charge in [0.1, 0.15) is 6.61 Å². The van der Waals surface area contributed by atoms with Crippen molar-refractivity contribution < 1.29 is 14.3 Å². The van der Waals surface area contributed by atoms with Crippen molar-refractivity contribution in [2.45, 2.75) is 64.9 Å². The van der Waals surface area contributed by atoms with Crippen LogP contribution in [0.4, 0.5) is 4.79 Å². The van der Waals surface area contributed by atoms with Gasteiger partial charge in [-0.15, -0.1) is 5.10 Å². The zero-order valence-electron chi connectivity index (χ0n) is 22.9.